The highest BCUT2D eigenvalue weighted by molar-refractivity contribution is 5.89. The molecule has 2 heterocycles. The molecular formula is C20H29N3O3. The largest absolute Gasteiger partial charge is 0.362 e. The van der Waals surface area contributed by atoms with Crippen LogP contribution in [0.4, 0.5) is 10.5 Å². The SMILES string of the molecule is Cc1cccc(NC(=O)N2CC[C@]3(CC[C@@H](C(=O)N(C)C)O3)[C@@H](C)C2)c1. The van der Waals surface area contributed by atoms with Crippen LogP contribution in [0.15, 0.2) is 24.3 Å². The van der Waals surface area contributed by atoms with Gasteiger partial charge in [-0.25, -0.2) is 4.79 Å². The average Bonchev–Trinajstić information content (AvgIpc) is 3.02. The number of likely N-dealkylation sites (tertiary alicyclic amines) is 1. The summed E-state index contributed by atoms with van der Waals surface area (Å²) >= 11 is 0. The standard InChI is InChI=1S/C20H29N3O3/c1-14-6-5-7-16(12-14)21-19(25)23-11-10-20(15(2)13-23)9-8-17(26-20)18(24)22(3)4/h5-7,12,15,17H,8-11,13H2,1-4H3,(H,21,25)/t15-,17-,20+/m0/s1. The number of nitrogens with one attached hydrogen (secondary N) is 1. The van der Waals surface area contributed by atoms with Crippen molar-refractivity contribution in [1.29, 1.82) is 0 Å². The molecule has 2 saturated heterocycles. The lowest BCUT2D eigenvalue weighted by molar-refractivity contribution is -0.153. The Morgan fingerprint density at radius 1 is 1.31 bits per heavy atom. The van der Waals surface area contributed by atoms with Gasteiger partial charge >= 0.3 is 6.03 Å². The van der Waals surface area contributed by atoms with Gasteiger partial charge in [0, 0.05) is 38.8 Å². The van der Waals surface area contributed by atoms with Crippen LogP contribution in [-0.4, -0.2) is 60.6 Å². The van der Waals surface area contributed by atoms with Gasteiger partial charge in [-0.05, 0) is 43.9 Å². The number of likely N-dealkylation sites (N-methyl/N-ethyl adjacent to an activating group) is 1. The van der Waals surface area contributed by atoms with Crippen molar-refractivity contribution in [2.45, 2.75) is 44.8 Å². The van der Waals surface area contributed by atoms with Crippen molar-refractivity contribution in [2.75, 3.05) is 32.5 Å². The smallest absolute Gasteiger partial charge is 0.321 e. The van der Waals surface area contributed by atoms with E-state index in [1.165, 1.54) is 0 Å². The lowest BCUT2D eigenvalue weighted by atomic mass is 9.80. The fraction of sp³-hybridized carbons (Fsp3) is 0.600. The van der Waals surface area contributed by atoms with Crippen LogP contribution < -0.4 is 5.32 Å². The van der Waals surface area contributed by atoms with Crippen molar-refractivity contribution in [3.8, 4) is 0 Å². The maximum atomic E-state index is 12.6. The van der Waals surface area contributed by atoms with Crippen LogP contribution in [0.2, 0.25) is 0 Å². The van der Waals surface area contributed by atoms with Crippen LogP contribution in [0.3, 0.4) is 0 Å². The van der Waals surface area contributed by atoms with E-state index in [2.05, 4.69) is 12.2 Å². The van der Waals surface area contributed by atoms with Gasteiger partial charge in [-0.3, -0.25) is 4.79 Å². The molecule has 3 rings (SSSR count). The molecule has 3 atom stereocenters. The fourth-order valence-corrected chi connectivity index (χ4v) is 4.05. The molecular weight excluding hydrogens is 330 g/mol. The van der Waals surface area contributed by atoms with Gasteiger partial charge in [0.15, 0.2) is 0 Å². The lowest BCUT2D eigenvalue weighted by Crippen LogP contribution is -2.53. The zero-order valence-corrected chi connectivity index (χ0v) is 16.1. The van der Waals surface area contributed by atoms with E-state index in [1.807, 2.05) is 36.1 Å². The number of hydrogen-bond donors (Lipinski definition) is 1. The summed E-state index contributed by atoms with van der Waals surface area (Å²) in [6.07, 6.45) is 2.06. The van der Waals surface area contributed by atoms with Crippen molar-refractivity contribution in [1.82, 2.24) is 9.80 Å². The molecule has 142 valence electrons. The van der Waals surface area contributed by atoms with Crippen molar-refractivity contribution in [3.05, 3.63) is 29.8 Å². The molecule has 2 aliphatic heterocycles. The number of urea groups is 1. The number of amides is 3. The number of benzene rings is 1. The highest BCUT2D eigenvalue weighted by Gasteiger charge is 2.49. The molecule has 1 aromatic carbocycles. The lowest BCUT2D eigenvalue weighted by Gasteiger charge is -2.44. The molecule has 1 N–H and O–H groups in total. The molecule has 0 radical (unpaired) electrons. The number of hydrogen-bond acceptors (Lipinski definition) is 3. The molecule has 2 aliphatic rings. The van der Waals surface area contributed by atoms with Crippen molar-refractivity contribution in [2.24, 2.45) is 5.92 Å². The molecule has 0 unspecified atom stereocenters. The third kappa shape index (κ3) is 3.70. The summed E-state index contributed by atoms with van der Waals surface area (Å²) in [5, 5.41) is 2.98. The van der Waals surface area contributed by atoms with E-state index in [-0.39, 0.29) is 29.6 Å². The van der Waals surface area contributed by atoms with E-state index in [0.29, 0.717) is 13.1 Å². The monoisotopic (exact) mass is 359 g/mol. The summed E-state index contributed by atoms with van der Waals surface area (Å²) in [6, 6.07) is 7.73. The zero-order chi connectivity index (χ0) is 18.9. The molecule has 3 amide bonds. The predicted octanol–water partition coefficient (Wildman–Crippen LogP) is 2.87. The van der Waals surface area contributed by atoms with Crippen LogP contribution in [0.1, 0.15) is 31.7 Å². The van der Waals surface area contributed by atoms with Crippen molar-refractivity contribution >= 4 is 17.6 Å². The second-order valence-corrected chi connectivity index (χ2v) is 7.84. The van der Waals surface area contributed by atoms with E-state index in [1.54, 1.807) is 19.0 Å². The Bertz CT molecular complexity index is 691. The van der Waals surface area contributed by atoms with E-state index < -0.39 is 0 Å². The molecule has 0 bridgehead atoms. The molecule has 1 spiro atoms. The highest BCUT2D eigenvalue weighted by atomic mass is 16.5. The quantitative estimate of drug-likeness (QED) is 0.883. The van der Waals surface area contributed by atoms with Crippen molar-refractivity contribution < 1.29 is 14.3 Å². The minimum absolute atomic E-state index is 0.0358. The number of aryl methyl sites for hydroxylation is 1. The first-order valence-corrected chi connectivity index (χ1v) is 9.32. The first kappa shape index (κ1) is 18.7. The minimum atomic E-state index is -0.347. The second kappa shape index (κ2) is 7.27. The first-order valence-electron chi connectivity index (χ1n) is 9.32. The van der Waals surface area contributed by atoms with Gasteiger partial charge in [0.1, 0.15) is 6.10 Å². The Balaban J connectivity index is 1.60. The molecule has 1 aromatic rings. The Morgan fingerprint density at radius 2 is 2.08 bits per heavy atom. The van der Waals surface area contributed by atoms with E-state index >= 15 is 0 Å². The Labute approximate surface area is 155 Å². The predicted molar refractivity (Wildman–Crippen MR) is 101 cm³/mol. The van der Waals surface area contributed by atoms with Gasteiger partial charge in [-0.15, -0.1) is 0 Å². The van der Waals surface area contributed by atoms with Crippen molar-refractivity contribution in [3.63, 3.8) is 0 Å². The Kier molecular flexibility index (Phi) is 5.23. The van der Waals surface area contributed by atoms with E-state index in [9.17, 15) is 9.59 Å². The maximum absolute atomic E-state index is 12.6. The summed E-state index contributed by atoms with van der Waals surface area (Å²) in [5.41, 5.74) is 1.65. The number of carbonyl (C=O) groups excluding carboxylic acids is 2. The zero-order valence-electron chi connectivity index (χ0n) is 16.1. The molecule has 0 aliphatic carbocycles. The van der Waals surface area contributed by atoms with Gasteiger partial charge in [0.25, 0.3) is 5.91 Å². The summed E-state index contributed by atoms with van der Waals surface area (Å²) in [5.74, 6) is 0.230. The molecule has 26 heavy (non-hydrogen) atoms. The fourth-order valence-electron chi connectivity index (χ4n) is 4.05. The summed E-state index contributed by atoms with van der Waals surface area (Å²) < 4.78 is 6.24. The maximum Gasteiger partial charge on any atom is 0.321 e. The first-order chi connectivity index (χ1) is 12.3. The van der Waals surface area contributed by atoms with Gasteiger partial charge in [-0.2, -0.15) is 0 Å². The van der Waals surface area contributed by atoms with Gasteiger partial charge < -0.3 is 19.9 Å². The summed E-state index contributed by atoms with van der Waals surface area (Å²) in [6.45, 7) is 5.41. The van der Waals surface area contributed by atoms with E-state index in [0.717, 1.165) is 30.5 Å². The van der Waals surface area contributed by atoms with Crippen LogP contribution in [0.25, 0.3) is 0 Å². The van der Waals surface area contributed by atoms with E-state index in [4.69, 9.17) is 4.74 Å². The highest BCUT2D eigenvalue weighted by Crippen LogP contribution is 2.42. The molecule has 0 aromatic heterocycles. The normalized spacial score (nSPS) is 28.2. The van der Waals surface area contributed by atoms with Crippen LogP contribution >= 0.6 is 0 Å². The van der Waals surface area contributed by atoms with Crippen LogP contribution in [0.5, 0.6) is 0 Å². The minimum Gasteiger partial charge on any atom is -0.362 e. The Morgan fingerprint density at radius 3 is 2.73 bits per heavy atom. The average molecular weight is 359 g/mol. The summed E-state index contributed by atoms with van der Waals surface area (Å²) in [4.78, 5) is 28.3. The Hall–Kier alpha value is -2.08. The molecule has 6 nitrogen and oxygen atoms in total. The number of anilines is 1. The van der Waals surface area contributed by atoms with Gasteiger partial charge in [0.2, 0.25) is 0 Å². The number of rotatable bonds is 2. The van der Waals surface area contributed by atoms with Gasteiger partial charge in [0.05, 0.1) is 5.60 Å². The number of ether oxygens (including phenoxy) is 1. The third-order valence-electron chi connectivity index (χ3n) is 5.68. The summed E-state index contributed by atoms with van der Waals surface area (Å²) in [7, 11) is 3.52. The van der Waals surface area contributed by atoms with Crippen LogP contribution in [0, 0.1) is 12.8 Å². The number of nitrogens with zero attached hydrogens (tertiary/aromatic N) is 2. The van der Waals surface area contributed by atoms with Crippen LogP contribution in [-0.2, 0) is 9.53 Å². The number of piperidine rings is 1. The second-order valence-electron chi connectivity index (χ2n) is 7.84. The number of carbonyl (C=O) groups is 2. The topological polar surface area (TPSA) is 61.9 Å². The molecule has 0 saturated carbocycles. The third-order valence-corrected chi connectivity index (χ3v) is 5.68. The molecule has 2 fully saturated rings. The van der Waals surface area contributed by atoms with Gasteiger partial charge in [-0.1, -0.05) is 19.1 Å². The molecule has 6 heteroatoms.